The van der Waals surface area contributed by atoms with E-state index < -0.39 is 5.91 Å². The molecule has 0 bridgehead atoms. The number of fused-ring (bicyclic) bond motifs is 1. The minimum atomic E-state index is -0.430. The van der Waals surface area contributed by atoms with Crippen molar-refractivity contribution in [2.24, 2.45) is 0 Å². The van der Waals surface area contributed by atoms with E-state index in [4.69, 9.17) is 4.74 Å². The summed E-state index contributed by atoms with van der Waals surface area (Å²) in [7, 11) is 1.61. The van der Waals surface area contributed by atoms with Gasteiger partial charge in [0.05, 0.1) is 7.11 Å². The number of ether oxygens (including phenoxy) is 1. The number of carbonyl (C=O) groups is 1. The van der Waals surface area contributed by atoms with Crippen molar-refractivity contribution < 1.29 is 9.53 Å². The van der Waals surface area contributed by atoms with Crippen molar-refractivity contribution in [3.8, 4) is 5.75 Å². The van der Waals surface area contributed by atoms with Gasteiger partial charge in [0, 0.05) is 18.9 Å². The molecular weight excluding hydrogens is 306 g/mol. The van der Waals surface area contributed by atoms with E-state index in [2.05, 4.69) is 10.3 Å². The van der Waals surface area contributed by atoms with Crippen LogP contribution in [0.1, 0.15) is 15.9 Å². The first kappa shape index (κ1) is 15.7. The lowest BCUT2D eigenvalue weighted by molar-refractivity contribution is 0.0952. The SMILES string of the molecule is COc1ccccc1CCNC(=O)c1cnc2ccccn2c1=O. The number of para-hydroxylation sites is 1. The van der Waals surface area contributed by atoms with Crippen LogP contribution in [0.5, 0.6) is 5.75 Å². The second-order valence-electron chi connectivity index (χ2n) is 5.22. The second kappa shape index (κ2) is 6.95. The summed E-state index contributed by atoms with van der Waals surface area (Å²) in [6, 6.07) is 12.8. The molecular formula is C18H17N3O3. The van der Waals surface area contributed by atoms with E-state index in [0.717, 1.165) is 11.3 Å². The van der Waals surface area contributed by atoms with E-state index in [1.807, 2.05) is 24.3 Å². The molecule has 0 fully saturated rings. The molecule has 0 radical (unpaired) electrons. The van der Waals surface area contributed by atoms with Crippen LogP contribution in [0, 0.1) is 0 Å². The summed E-state index contributed by atoms with van der Waals surface area (Å²) in [4.78, 5) is 28.7. The van der Waals surface area contributed by atoms with Crippen molar-refractivity contribution in [1.82, 2.24) is 14.7 Å². The van der Waals surface area contributed by atoms with Crippen LogP contribution in [0.15, 0.2) is 59.7 Å². The van der Waals surface area contributed by atoms with Crippen LogP contribution < -0.4 is 15.6 Å². The fourth-order valence-electron chi connectivity index (χ4n) is 2.50. The number of nitrogens with zero attached hydrogens (tertiary/aromatic N) is 2. The van der Waals surface area contributed by atoms with Gasteiger partial charge in [0.2, 0.25) is 0 Å². The van der Waals surface area contributed by atoms with Gasteiger partial charge in [-0.25, -0.2) is 4.98 Å². The average Bonchev–Trinajstić information content (AvgIpc) is 2.62. The first-order valence-electron chi connectivity index (χ1n) is 7.57. The van der Waals surface area contributed by atoms with Gasteiger partial charge in [-0.1, -0.05) is 24.3 Å². The second-order valence-corrected chi connectivity index (χ2v) is 5.22. The molecule has 3 rings (SSSR count). The van der Waals surface area contributed by atoms with Crippen molar-refractivity contribution >= 4 is 11.6 Å². The first-order valence-corrected chi connectivity index (χ1v) is 7.57. The van der Waals surface area contributed by atoms with E-state index in [-0.39, 0.29) is 11.1 Å². The summed E-state index contributed by atoms with van der Waals surface area (Å²) in [6.07, 6.45) is 3.52. The standard InChI is InChI=1S/C18H17N3O3/c1-24-15-7-3-2-6-13(15)9-10-19-17(22)14-12-20-16-8-4-5-11-21(16)18(14)23/h2-8,11-12H,9-10H2,1H3,(H,19,22). The third kappa shape index (κ3) is 3.12. The quantitative estimate of drug-likeness (QED) is 0.775. The number of pyridine rings is 1. The van der Waals surface area contributed by atoms with Crippen LogP contribution in [0.25, 0.3) is 5.65 Å². The fourth-order valence-corrected chi connectivity index (χ4v) is 2.50. The highest BCUT2D eigenvalue weighted by Crippen LogP contribution is 2.17. The van der Waals surface area contributed by atoms with Gasteiger partial charge in [0.25, 0.3) is 11.5 Å². The molecule has 0 atom stereocenters. The molecule has 0 aliphatic rings. The predicted molar refractivity (Wildman–Crippen MR) is 90.5 cm³/mol. The maximum Gasteiger partial charge on any atom is 0.270 e. The minimum Gasteiger partial charge on any atom is -0.496 e. The number of hydrogen-bond donors (Lipinski definition) is 1. The third-order valence-electron chi connectivity index (χ3n) is 3.73. The first-order chi connectivity index (χ1) is 11.7. The van der Waals surface area contributed by atoms with Crippen molar-refractivity contribution in [1.29, 1.82) is 0 Å². The maximum absolute atomic E-state index is 12.3. The summed E-state index contributed by atoms with van der Waals surface area (Å²) < 4.78 is 6.64. The van der Waals surface area contributed by atoms with Crippen LogP contribution in [0.3, 0.4) is 0 Å². The van der Waals surface area contributed by atoms with Gasteiger partial charge in [-0.3, -0.25) is 14.0 Å². The van der Waals surface area contributed by atoms with E-state index in [1.165, 1.54) is 10.6 Å². The molecule has 1 amide bonds. The van der Waals surface area contributed by atoms with Crippen molar-refractivity contribution in [2.45, 2.75) is 6.42 Å². The van der Waals surface area contributed by atoms with E-state index in [0.29, 0.717) is 18.6 Å². The van der Waals surface area contributed by atoms with Crippen LogP contribution in [-0.4, -0.2) is 28.9 Å². The monoisotopic (exact) mass is 323 g/mol. The van der Waals surface area contributed by atoms with Gasteiger partial charge < -0.3 is 10.1 Å². The van der Waals surface area contributed by atoms with Crippen LogP contribution in [-0.2, 0) is 6.42 Å². The van der Waals surface area contributed by atoms with Gasteiger partial charge in [-0.2, -0.15) is 0 Å². The molecule has 3 aromatic rings. The number of methoxy groups -OCH3 is 1. The Labute approximate surface area is 138 Å². The van der Waals surface area contributed by atoms with Gasteiger partial charge >= 0.3 is 0 Å². The Kier molecular flexibility index (Phi) is 4.56. The van der Waals surface area contributed by atoms with Crippen molar-refractivity contribution in [3.05, 3.63) is 76.3 Å². The maximum atomic E-state index is 12.3. The molecule has 2 heterocycles. The van der Waals surface area contributed by atoms with Gasteiger partial charge in [-0.15, -0.1) is 0 Å². The topological polar surface area (TPSA) is 72.7 Å². The lowest BCUT2D eigenvalue weighted by Crippen LogP contribution is -2.32. The molecule has 2 aromatic heterocycles. The van der Waals surface area contributed by atoms with Gasteiger partial charge in [0.15, 0.2) is 0 Å². The molecule has 0 saturated heterocycles. The van der Waals surface area contributed by atoms with E-state index in [1.54, 1.807) is 31.5 Å². The summed E-state index contributed by atoms with van der Waals surface area (Å²) in [6.45, 7) is 0.399. The number of amides is 1. The molecule has 6 heteroatoms. The predicted octanol–water partition coefficient (Wildman–Crippen LogP) is 1.68. The molecule has 1 aromatic carbocycles. The highest BCUT2D eigenvalue weighted by molar-refractivity contribution is 5.93. The van der Waals surface area contributed by atoms with Crippen LogP contribution in [0.4, 0.5) is 0 Å². The largest absolute Gasteiger partial charge is 0.496 e. The Morgan fingerprint density at radius 3 is 2.83 bits per heavy atom. The average molecular weight is 323 g/mol. The molecule has 0 saturated carbocycles. The van der Waals surface area contributed by atoms with Gasteiger partial charge in [-0.05, 0) is 30.2 Å². The van der Waals surface area contributed by atoms with Crippen molar-refractivity contribution in [2.75, 3.05) is 13.7 Å². The van der Waals surface area contributed by atoms with E-state index >= 15 is 0 Å². The smallest absolute Gasteiger partial charge is 0.270 e. The lowest BCUT2D eigenvalue weighted by atomic mass is 10.1. The van der Waals surface area contributed by atoms with Crippen LogP contribution >= 0.6 is 0 Å². The number of rotatable bonds is 5. The summed E-state index contributed by atoms with van der Waals surface area (Å²) in [5.41, 5.74) is 1.15. The van der Waals surface area contributed by atoms with Crippen molar-refractivity contribution in [3.63, 3.8) is 0 Å². The Morgan fingerprint density at radius 2 is 2.00 bits per heavy atom. The number of aromatic nitrogens is 2. The van der Waals surface area contributed by atoms with E-state index in [9.17, 15) is 9.59 Å². The third-order valence-corrected chi connectivity index (χ3v) is 3.73. The zero-order valence-corrected chi connectivity index (χ0v) is 13.2. The zero-order valence-electron chi connectivity index (χ0n) is 13.2. The summed E-state index contributed by atoms with van der Waals surface area (Å²) in [5.74, 6) is 0.347. The zero-order chi connectivity index (χ0) is 16.9. The molecule has 122 valence electrons. The Balaban J connectivity index is 1.72. The molecule has 0 aliphatic heterocycles. The normalized spacial score (nSPS) is 10.5. The Hall–Kier alpha value is -3.15. The minimum absolute atomic E-state index is 0.0266. The number of nitrogens with one attached hydrogen (secondary N) is 1. The molecule has 6 nitrogen and oxygen atoms in total. The number of carbonyl (C=O) groups excluding carboxylic acids is 1. The number of hydrogen-bond acceptors (Lipinski definition) is 4. The number of benzene rings is 1. The van der Waals surface area contributed by atoms with Gasteiger partial charge in [0.1, 0.15) is 17.0 Å². The highest BCUT2D eigenvalue weighted by atomic mass is 16.5. The molecule has 0 unspecified atom stereocenters. The molecule has 0 spiro atoms. The Morgan fingerprint density at radius 1 is 1.21 bits per heavy atom. The Bertz CT molecular complexity index is 934. The van der Waals surface area contributed by atoms with Crippen LogP contribution in [0.2, 0.25) is 0 Å². The molecule has 0 aliphatic carbocycles. The molecule has 1 N–H and O–H groups in total. The lowest BCUT2D eigenvalue weighted by Gasteiger charge is -2.09. The summed E-state index contributed by atoms with van der Waals surface area (Å²) in [5, 5.41) is 2.76. The highest BCUT2D eigenvalue weighted by Gasteiger charge is 2.13. The molecule has 24 heavy (non-hydrogen) atoms. The fraction of sp³-hybridized carbons (Fsp3) is 0.167. The summed E-state index contributed by atoms with van der Waals surface area (Å²) >= 11 is 0.